The van der Waals surface area contributed by atoms with Crippen molar-refractivity contribution in [3.05, 3.63) is 35.5 Å². The number of hydrogen-bond acceptors (Lipinski definition) is 1. The van der Waals surface area contributed by atoms with Crippen LogP contribution in [0.25, 0.3) is 10.9 Å². The van der Waals surface area contributed by atoms with Gasteiger partial charge in [0.15, 0.2) is 0 Å². The maximum Gasteiger partial charge on any atom is 0.219 e. The molecule has 3 atom stereocenters. The Hall–Kier alpha value is -1.61. The molecular formula is C22H31N2O+. The van der Waals surface area contributed by atoms with Crippen LogP contribution in [0.4, 0.5) is 0 Å². The van der Waals surface area contributed by atoms with Crippen molar-refractivity contribution in [3.63, 3.8) is 0 Å². The number of fused-ring (bicyclic) bond motifs is 3. The second-order valence-electron chi connectivity index (χ2n) is 9.73. The number of hydrogen-bond donors (Lipinski definition) is 1. The molecule has 25 heavy (non-hydrogen) atoms. The van der Waals surface area contributed by atoms with Gasteiger partial charge < -0.3 is 9.47 Å². The Kier molecular flexibility index (Phi) is 3.66. The molecule has 4 rings (SSSR count). The van der Waals surface area contributed by atoms with Gasteiger partial charge in [0, 0.05) is 41.9 Å². The van der Waals surface area contributed by atoms with Crippen molar-refractivity contribution in [2.45, 2.75) is 53.0 Å². The van der Waals surface area contributed by atoms with Crippen molar-refractivity contribution in [2.24, 2.45) is 17.9 Å². The lowest BCUT2D eigenvalue weighted by atomic mass is 9.65. The van der Waals surface area contributed by atoms with E-state index in [2.05, 4.69) is 51.4 Å². The number of rotatable bonds is 3. The molecule has 0 radical (unpaired) electrons. The van der Waals surface area contributed by atoms with Gasteiger partial charge in [-0.05, 0) is 24.8 Å². The number of benzene rings is 1. The molecule has 1 N–H and O–H groups in total. The van der Waals surface area contributed by atoms with E-state index in [9.17, 15) is 4.79 Å². The molecule has 1 saturated carbocycles. The Bertz CT molecular complexity index is 847. The zero-order valence-corrected chi connectivity index (χ0v) is 16.3. The van der Waals surface area contributed by atoms with Crippen LogP contribution in [0.5, 0.6) is 0 Å². The topological polar surface area (TPSA) is 26.4 Å². The van der Waals surface area contributed by atoms with Crippen molar-refractivity contribution in [1.29, 1.82) is 0 Å². The Labute approximate surface area is 151 Å². The predicted molar refractivity (Wildman–Crippen MR) is 102 cm³/mol. The first-order valence-corrected chi connectivity index (χ1v) is 9.61. The normalized spacial score (nSPS) is 30.8. The summed E-state index contributed by atoms with van der Waals surface area (Å²) in [4.78, 5) is 14.8. The molecule has 134 valence electrons. The third kappa shape index (κ3) is 2.73. The minimum Gasteiger partial charge on any atom is -0.347 e. The van der Waals surface area contributed by atoms with Gasteiger partial charge in [-0.3, -0.25) is 4.79 Å². The summed E-state index contributed by atoms with van der Waals surface area (Å²) in [6.45, 7) is 11.1. The second kappa shape index (κ2) is 5.44. The fraction of sp³-hybridized carbons (Fsp3) is 0.591. The Morgan fingerprint density at radius 2 is 1.96 bits per heavy atom. The predicted octanol–water partition coefficient (Wildman–Crippen LogP) is 3.15. The number of likely N-dealkylation sites (tertiary alicyclic amines) is 1. The van der Waals surface area contributed by atoms with E-state index in [-0.39, 0.29) is 0 Å². The summed E-state index contributed by atoms with van der Waals surface area (Å²) < 4.78 is 2.16. The summed E-state index contributed by atoms with van der Waals surface area (Å²) in [7, 11) is 2.06. The SMILES string of the molecule is Cc1c(C(=O)C[NH+]2C[C@@]3(C)C[C@@H]2CC(C)(C)C3)c2ccccc2n1C. The van der Waals surface area contributed by atoms with Gasteiger partial charge in [0.2, 0.25) is 5.78 Å². The standard InChI is InChI=1S/C22H30N2O/c1-15-20(17-8-6-7-9-18(17)23(15)5)19(25)12-24-14-22(4)11-16(24)10-21(2,3)13-22/h6-9,16H,10-14H2,1-5H3/p+1/t16-,22-/m0/s1. The number of aromatic nitrogens is 1. The van der Waals surface area contributed by atoms with Crippen LogP contribution in [0.15, 0.2) is 24.3 Å². The summed E-state index contributed by atoms with van der Waals surface area (Å²) in [5.41, 5.74) is 4.02. The van der Waals surface area contributed by atoms with Crippen molar-refractivity contribution >= 4 is 16.7 Å². The lowest BCUT2D eigenvalue weighted by molar-refractivity contribution is -0.906. The summed E-state index contributed by atoms with van der Waals surface area (Å²) in [6.07, 6.45) is 3.83. The number of nitrogens with zero attached hydrogens (tertiary/aromatic N) is 1. The lowest BCUT2D eigenvalue weighted by Crippen LogP contribution is -3.14. The maximum absolute atomic E-state index is 13.3. The number of aryl methyl sites for hydroxylation is 1. The first kappa shape index (κ1) is 16.8. The smallest absolute Gasteiger partial charge is 0.219 e. The van der Waals surface area contributed by atoms with Gasteiger partial charge in [-0.15, -0.1) is 0 Å². The van der Waals surface area contributed by atoms with Crippen molar-refractivity contribution in [1.82, 2.24) is 4.57 Å². The molecule has 1 saturated heterocycles. The summed E-state index contributed by atoms with van der Waals surface area (Å²) >= 11 is 0. The van der Waals surface area contributed by atoms with Crippen LogP contribution in [0, 0.1) is 17.8 Å². The molecule has 0 amide bonds. The summed E-state index contributed by atoms with van der Waals surface area (Å²) in [5, 5.41) is 1.11. The largest absolute Gasteiger partial charge is 0.347 e. The molecule has 1 aliphatic carbocycles. The van der Waals surface area contributed by atoms with E-state index in [0.29, 0.717) is 29.2 Å². The average molecular weight is 340 g/mol. The highest BCUT2D eigenvalue weighted by Crippen LogP contribution is 2.47. The molecule has 3 heteroatoms. The molecule has 2 heterocycles. The Morgan fingerprint density at radius 3 is 2.72 bits per heavy atom. The summed E-state index contributed by atoms with van der Waals surface area (Å²) in [6, 6.07) is 8.94. The number of Topliss-reactive ketones (excluding diaryl/α,β-unsaturated/α-hetero) is 1. The first-order valence-electron chi connectivity index (χ1n) is 9.61. The van der Waals surface area contributed by atoms with E-state index in [0.717, 1.165) is 28.7 Å². The van der Waals surface area contributed by atoms with Gasteiger partial charge in [0.05, 0.1) is 18.2 Å². The van der Waals surface area contributed by atoms with Gasteiger partial charge in [-0.2, -0.15) is 0 Å². The van der Waals surface area contributed by atoms with Crippen LogP contribution >= 0.6 is 0 Å². The Balaban J connectivity index is 1.63. The molecular weight excluding hydrogens is 308 g/mol. The minimum absolute atomic E-state index is 0.318. The molecule has 2 fully saturated rings. The van der Waals surface area contributed by atoms with Crippen LogP contribution in [-0.2, 0) is 7.05 Å². The molecule has 2 aromatic rings. The summed E-state index contributed by atoms with van der Waals surface area (Å²) in [5.74, 6) is 0.318. The highest BCUT2D eigenvalue weighted by molar-refractivity contribution is 6.10. The van der Waals surface area contributed by atoms with Crippen molar-refractivity contribution in [2.75, 3.05) is 13.1 Å². The van der Waals surface area contributed by atoms with E-state index < -0.39 is 0 Å². The molecule has 3 nitrogen and oxygen atoms in total. The molecule has 1 aliphatic heterocycles. The maximum atomic E-state index is 13.3. The van der Waals surface area contributed by atoms with Crippen LogP contribution in [0.3, 0.4) is 0 Å². The highest BCUT2D eigenvalue weighted by Gasteiger charge is 2.53. The highest BCUT2D eigenvalue weighted by atomic mass is 16.1. The molecule has 1 aromatic heterocycles. The van der Waals surface area contributed by atoms with Crippen LogP contribution < -0.4 is 4.90 Å². The van der Waals surface area contributed by atoms with Crippen molar-refractivity contribution in [3.8, 4) is 0 Å². The van der Waals surface area contributed by atoms with Gasteiger partial charge in [0.1, 0.15) is 6.54 Å². The fourth-order valence-electron chi connectivity index (χ4n) is 6.12. The quantitative estimate of drug-likeness (QED) is 0.854. The van der Waals surface area contributed by atoms with Crippen LogP contribution in [-0.4, -0.2) is 29.5 Å². The van der Waals surface area contributed by atoms with Gasteiger partial charge in [-0.1, -0.05) is 39.0 Å². The van der Waals surface area contributed by atoms with Crippen LogP contribution in [0.1, 0.15) is 56.1 Å². The minimum atomic E-state index is 0.318. The molecule has 0 spiro atoms. The van der Waals surface area contributed by atoms with Crippen molar-refractivity contribution < 1.29 is 9.69 Å². The number of nitrogens with one attached hydrogen (secondary N) is 1. The zero-order chi connectivity index (χ0) is 18.0. The lowest BCUT2D eigenvalue weighted by Gasteiger charge is -2.37. The molecule has 2 aliphatic rings. The van der Waals surface area contributed by atoms with Gasteiger partial charge in [-0.25, -0.2) is 0 Å². The molecule has 1 aromatic carbocycles. The fourth-order valence-corrected chi connectivity index (χ4v) is 6.12. The first-order chi connectivity index (χ1) is 11.7. The van der Waals surface area contributed by atoms with E-state index in [1.165, 1.54) is 24.2 Å². The number of ketones is 1. The van der Waals surface area contributed by atoms with Gasteiger partial charge in [0.25, 0.3) is 0 Å². The van der Waals surface area contributed by atoms with E-state index in [4.69, 9.17) is 0 Å². The third-order valence-corrected chi connectivity index (χ3v) is 6.74. The van der Waals surface area contributed by atoms with E-state index in [1.54, 1.807) is 0 Å². The number of carbonyl (C=O) groups is 1. The van der Waals surface area contributed by atoms with Crippen LogP contribution in [0.2, 0.25) is 0 Å². The average Bonchev–Trinajstić information content (AvgIpc) is 2.90. The molecule has 2 bridgehead atoms. The number of para-hydroxylation sites is 1. The Morgan fingerprint density at radius 1 is 1.24 bits per heavy atom. The number of carbonyl (C=O) groups excluding carboxylic acids is 1. The third-order valence-electron chi connectivity index (χ3n) is 6.74. The second-order valence-corrected chi connectivity index (χ2v) is 9.73. The molecule has 1 unspecified atom stereocenters. The zero-order valence-electron chi connectivity index (χ0n) is 16.3. The van der Waals surface area contributed by atoms with Gasteiger partial charge >= 0.3 is 0 Å². The monoisotopic (exact) mass is 339 g/mol. The number of quaternary nitrogens is 1. The van der Waals surface area contributed by atoms with E-state index in [1.807, 2.05) is 12.1 Å². The van der Waals surface area contributed by atoms with E-state index >= 15 is 0 Å².